The molecule has 1 unspecified atom stereocenters. The van der Waals surface area contributed by atoms with Crippen LogP contribution in [0.1, 0.15) is 38.0 Å². The lowest BCUT2D eigenvalue weighted by Gasteiger charge is -2.24. The Hall–Kier alpha value is -0.770. The third kappa shape index (κ3) is 6.62. The van der Waals surface area contributed by atoms with Crippen LogP contribution in [-0.2, 0) is 20.3 Å². The summed E-state index contributed by atoms with van der Waals surface area (Å²) in [5, 5.41) is 0. The number of benzene rings is 1. The van der Waals surface area contributed by atoms with Crippen molar-refractivity contribution in [1.29, 1.82) is 0 Å². The van der Waals surface area contributed by atoms with Crippen LogP contribution in [0.4, 0.5) is 13.2 Å². The fraction of sp³-hybridized carbons (Fsp3) is 0.600. The van der Waals surface area contributed by atoms with Gasteiger partial charge in [0.2, 0.25) is 0 Å². The number of ether oxygens (including phenoxy) is 1. The van der Waals surface area contributed by atoms with Gasteiger partial charge in [0, 0.05) is 11.5 Å². The summed E-state index contributed by atoms with van der Waals surface area (Å²) in [5.41, 5.74) is -2.59. The van der Waals surface area contributed by atoms with Crippen LogP contribution in [0.15, 0.2) is 24.3 Å². The minimum atomic E-state index is -5.84. The van der Waals surface area contributed by atoms with E-state index in [-0.39, 0.29) is 5.41 Å². The molecule has 0 saturated carbocycles. The monoisotopic (exact) mass is 386 g/mol. The van der Waals surface area contributed by atoms with Gasteiger partial charge in [-0.05, 0) is 16.5 Å². The molecule has 0 amide bonds. The van der Waals surface area contributed by atoms with Crippen molar-refractivity contribution in [2.45, 2.75) is 37.8 Å². The molecule has 1 atom stereocenters. The summed E-state index contributed by atoms with van der Waals surface area (Å²) in [6, 6.07) is 8.91. The Labute approximate surface area is 144 Å². The Bertz CT molecular complexity index is 614. The lowest BCUT2D eigenvalue weighted by molar-refractivity contribution is -0.0510. The van der Waals surface area contributed by atoms with Gasteiger partial charge in [-0.1, -0.05) is 45.0 Å². The van der Waals surface area contributed by atoms with Gasteiger partial charge in [-0.3, -0.25) is 4.55 Å². The topological polar surface area (TPSA) is 63.6 Å². The lowest BCUT2D eigenvalue weighted by atomic mass is 9.86. The Morgan fingerprint density at radius 1 is 1.17 bits per heavy atom. The second kappa shape index (κ2) is 8.07. The number of hydrogen-bond acceptors (Lipinski definition) is 4. The molecule has 1 aromatic carbocycles. The smallest absolute Gasteiger partial charge is 0.372 e. The second-order valence-electron chi connectivity index (χ2n) is 6.23. The van der Waals surface area contributed by atoms with E-state index in [0.29, 0.717) is 6.10 Å². The Morgan fingerprint density at radius 2 is 1.67 bits per heavy atom. The van der Waals surface area contributed by atoms with Crippen LogP contribution >= 0.6 is 11.8 Å². The van der Waals surface area contributed by atoms with E-state index in [2.05, 4.69) is 45.0 Å². The van der Waals surface area contributed by atoms with Crippen LogP contribution in [-0.4, -0.2) is 36.6 Å². The maximum Gasteiger partial charge on any atom is 0.522 e. The molecule has 0 radical (unpaired) electrons. The maximum atomic E-state index is 10.7. The minimum absolute atomic E-state index is 0.237. The van der Waals surface area contributed by atoms with Crippen LogP contribution in [0.5, 0.6) is 0 Å². The first-order valence-electron chi connectivity index (χ1n) is 7.16. The first-order valence-corrected chi connectivity index (χ1v) is 9.75. The summed E-state index contributed by atoms with van der Waals surface area (Å²) in [6.45, 7) is 7.62. The molecule has 1 saturated heterocycles. The average Bonchev–Trinajstić information content (AvgIpc) is 2.46. The van der Waals surface area contributed by atoms with Crippen LogP contribution in [0.25, 0.3) is 0 Å². The number of rotatable bonds is 1. The predicted octanol–water partition coefficient (Wildman–Crippen LogP) is 4.18. The van der Waals surface area contributed by atoms with E-state index in [1.165, 1.54) is 11.1 Å². The van der Waals surface area contributed by atoms with Crippen molar-refractivity contribution in [2.75, 3.05) is 18.1 Å². The molecule has 4 nitrogen and oxygen atoms in total. The molecule has 0 aliphatic carbocycles. The zero-order valence-corrected chi connectivity index (χ0v) is 15.3. The molecule has 0 aromatic heterocycles. The Kier molecular flexibility index (Phi) is 7.16. The highest BCUT2D eigenvalue weighted by molar-refractivity contribution is 7.99. The molecular formula is C15H21F3O4S2. The fourth-order valence-corrected chi connectivity index (χ4v) is 2.76. The van der Waals surface area contributed by atoms with E-state index in [9.17, 15) is 13.2 Å². The highest BCUT2D eigenvalue weighted by Crippen LogP contribution is 2.29. The average molecular weight is 386 g/mol. The second-order valence-corrected chi connectivity index (χ2v) is 8.79. The third-order valence-electron chi connectivity index (χ3n) is 3.26. The summed E-state index contributed by atoms with van der Waals surface area (Å²) >= 11 is 1.98. The lowest BCUT2D eigenvalue weighted by Crippen LogP contribution is -2.21. The van der Waals surface area contributed by atoms with Crippen LogP contribution < -0.4 is 0 Å². The van der Waals surface area contributed by atoms with Crippen molar-refractivity contribution in [1.82, 2.24) is 0 Å². The molecule has 1 fully saturated rings. The molecule has 1 N–H and O–H groups in total. The molecule has 1 aliphatic heterocycles. The van der Waals surface area contributed by atoms with Crippen molar-refractivity contribution >= 4 is 21.9 Å². The zero-order chi connectivity index (χ0) is 18.6. The van der Waals surface area contributed by atoms with Crippen molar-refractivity contribution in [2.24, 2.45) is 0 Å². The fourth-order valence-electron chi connectivity index (χ4n) is 1.88. The molecule has 0 spiro atoms. The maximum absolute atomic E-state index is 10.7. The van der Waals surface area contributed by atoms with Crippen LogP contribution in [0, 0.1) is 0 Å². The molecule has 24 heavy (non-hydrogen) atoms. The van der Waals surface area contributed by atoms with E-state index in [4.69, 9.17) is 17.7 Å². The predicted molar refractivity (Wildman–Crippen MR) is 88.8 cm³/mol. The van der Waals surface area contributed by atoms with Gasteiger partial charge in [-0.2, -0.15) is 33.4 Å². The molecular weight excluding hydrogens is 365 g/mol. The molecule has 1 heterocycles. The Morgan fingerprint density at radius 3 is 2.00 bits per heavy atom. The standard InChI is InChI=1S/C14H20OS.CHF3O3S/c1-14(2,3)12-6-4-11(5-7-12)13-10-16-9-8-15-13;2-1(3,4)8(5,6)7/h4-7,13H,8-10H2,1-3H3;(H,5,6,7). The zero-order valence-electron chi connectivity index (χ0n) is 13.6. The third-order valence-corrected chi connectivity index (χ3v) is 4.84. The normalized spacial score (nSPS) is 19.4. The van der Waals surface area contributed by atoms with Gasteiger partial charge >= 0.3 is 15.6 Å². The summed E-state index contributed by atoms with van der Waals surface area (Å²) in [7, 11) is -5.84. The largest absolute Gasteiger partial charge is 0.522 e. The van der Waals surface area contributed by atoms with Gasteiger partial charge in [-0.25, -0.2) is 0 Å². The van der Waals surface area contributed by atoms with Crippen molar-refractivity contribution in [3.8, 4) is 0 Å². The van der Waals surface area contributed by atoms with Gasteiger partial charge in [-0.15, -0.1) is 0 Å². The molecule has 1 aromatic rings. The van der Waals surface area contributed by atoms with Crippen LogP contribution in [0.2, 0.25) is 0 Å². The first kappa shape index (κ1) is 21.3. The molecule has 1 aliphatic rings. The van der Waals surface area contributed by atoms with Crippen molar-refractivity contribution in [3.63, 3.8) is 0 Å². The van der Waals surface area contributed by atoms with Gasteiger partial charge in [0.1, 0.15) is 0 Å². The Balaban J connectivity index is 0.000000307. The van der Waals surface area contributed by atoms with Gasteiger partial charge in [0.25, 0.3) is 0 Å². The highest BCUT2D eigenvalue weighted by Gasteiger charge is 2.44. The van der Waals surface area contributed by atoms with Crippen molar-refractivity contribution < 1.29 is 30.9 Å². The highest BCUT2D eigenvalue weighted by atomic mass is 32.2. The minimum Gasteiger partial charge on any atom is -0.372 e. The summed E-state index contributed by atoms with van der Waals surface area (Å²) in [5.74, 6) is 2.23. The van der Waals surface area contributed by atoms with E-state index in [1.807, 2.05) is 11.8 Å². The first-order chi connectivity index (χ1) is 10.8. The number of thioether (sulfide) groups is 1. The van der Waals surface area contributed by atoms with Crippen molar-refractivity contribution in [3.05, 3.63) is 35.4 Å². The summed E-state index contributed by atoms with van der Waals surface area (Å²) < 4.78 is 63.3. The molecule has 2 rings (SSSR count). The van der Waals surface area contributed by atoms with Gasteiger partial charge in [0.15, 0.2) is 0 Å². The van der Waals surface area contributed by atoms with Gasteiger partial charge in [0.05, 0.1) is 12.7 Å². The molecule has 9 heteroatoms. The number of halogens is 3. The van der Waals surface area contributed by atoms with E-state index >= 15 is 0 Å². The molecule has 0 bridgehead atoms. The quantitative estimate of drug-likeness (QED) is 0.579. The number of hydrogen-bond donors (Lipinski definition) is 1. The summed E-state index contributed by atoms with van der Waals surface area (Å²) in [4.78, 5) is 0. The number of alkyl halides is 3. The molecule has 138 valence electrons. The summed E-state index contributed by atoms with van der Waals surface area (Å²) in [6.07, 6.45) is 0.299. The van der Waals surface area contributed by atoms with E-state index < -0.39 is 15.6 Å². The van der Waals surface area contributed by atoms with Gasteiger partial charge < -0.3 is 4.74 Å². The SMILES string of the molecule is CC(C)(C)c1ccc(C2CSCCO2)cc1.O=S(=O)(O)C(F)(F)F. The van der Waals surface area contributed by atoms with E-state index in [1.54, 1.807) is 0 Å². The van der Waals surface area contributed by atoms with E-state index in [0.717, 1.165) is 18.1 Å². The van der Waals surface area contributed by atoms with Crippen LogP contribution in [0.3, 0.4) is 0 Å².